The van der Waals surface area contributed by atoms with Crippen LogP contribution in [0, 0.1) is 11.3 Å². The molecule has 0 aromatic carbocycles. The molecule has 3 rings (SSSR count). The summed E-state index contributed by atoms with van der Waals surface area (Å²) in [5.74, 6) is 1.03. The van der Waals surface area contributed by atoms with E-state index in [4.69, 9.17) is 0 Å². The first-order chi connectivity index (χ1) is 10.0. The summed E-state index contributed by atoms with van der Waals surface area (Å²) < 4.78 is 26.1. The summed E-state index contributed by atoms with van der Waals surface area (Å²) in [6.45, 7) is 7.79. The van der Waals surface area contributed by atoms with Crippen LogP contribution in [-0.4, -0.2) is 57.8 Å². The van der Waals surface area contributed by atoms with Gasteiger partial charge in [0.1, 0.15) is 0 Å². The molecule has 2 aliphatic heterocycles. The number of nitrogens with one attached hydrogen (secondary N) is 2. The first-order valence-corrected chi connectivity index (χ1v) is 10.1. The molecule has 2 saturated heterocycles. The van der Waals surface area contributed by atoms with Crippen molar-refractivity contribution in [2.75, 3.05) is 38.5 Å². The number of likely N-dealkylation sites (tertiary alicyclic amines) is 1. The average molecular weight is 315 g/mol. The molecule has 1 spiro atoms. The first-order valence-electron chi connectivity index (χ1n) is 8.43. The van der Waals surface area contributed by atoms with Gasteiger partial charge in [-0.25, -0.2) is 13.1 Å². The summed E-state index contributed by atoms with van der Waals surface area (Å²) in [6, 6.07) is 0.175. The Kier molecular flexibility index (Phi) is 4.60. The highest BCUT2D eigenvalue weighted by Crippen LogP contribution is 2.44. The molecule has 2 heterocycles. The molecule has 21 heavy (non-hydrogen) atoms. The van der Waals surface area contributed by atoms with Crippen molar-refractivity contribution < 1.29 is 8.42 Å². The monoisotopic (exact) mass is 315 g/mol. The zero-order valence-corrected chi connectivity index (χ0v) is 13.9. The fourth-order valence-electron chi connectivity index (χ4n) is 4.27. The minimum absolute atomic E-state index is 0.175. The molecule has 3 fully saturated rings. The summed E-state index contributed by atoms with van der Waals surface area (Å²) in [6.07, 6.45) is 5.72. The van der Waals surface area contributed by atoms with E-state index < -0.39 is 10.0 Å². The number of rotatable bonds is 5. The van der Waals surface area contributed by atoms with Gasteiger partial charge in [-0.2, -0.15) is 0 Å². The van der Waals surface area contributed by atoms with Crippen molar-refractivity contribution in [3.8, 4) is 0 Å². The van der Waals surface area contributed by atoms with Crippen molar-refractivity contribution in [1.29, 1.82) is 0 Å². The quantitative estimate of drug-likeness (QED) is 0.787. The highest BCUT2D eigenvalue weighted by molar-refractivity contribution is 7.89. The Morgan fingerprint density at radius 1 is 1.24 bits per heavy atom. The molecule has 1 saturated carbocycles. The molecule has 0 unspecified atom stereocenters. The van der Waals surface area contributed by atoms with Crippen molar-refractivity contribution in [2.24, 2.45) is 11.3 Å². The Labute approximate surface area is 128 Å². The number of hydrogen-bond donors (Lipinski definition) is 2. The van der Waals surface area contributed by atoms with Gasteiger partial charge in [-0.05, 0) is 63.5 Å². The van der Waals surface area contributed by atoms with E-state index in [0.29, 0.717) is 5.41 Å². The Morgan fingerprint density at radius 3 is 2.52 bits per heavy atom. The van der Waals surface area contributed by atoms with Crippen LogP contribution in [-0.2, 0) is 10.0 Å². The number of nitrogens with zero attached hydrogens (tertiary/aromatic N) is 1. The van der Waals surface area contributed by atoms with Crippen molar-refractivity contribution in [2.45, 2.75) is 45.1 Å². The van der Waals surface area contributed by atoms with Crippen molar-refractivity contribution in [1.82, 2.24) is 14.9 Å². The summed E-state index contributed by atoms with van der Waals surface area (Å²) in [7, 11) is -3.04. The Bertz CT molecular complexity index is 444. The fraction of sp³-hybridized carbons (Fsp3) is 1.00. The highest BCUT2D eigenvalue weighted by atomic mass is 32.2. The summed E-state index contributed by atoms with van der Waals surface area (Å²) in [4.78, 5) is 2.61. The van der Waals surface area contributed by atoms with E-state index in [1.165, 1.54) is 52.0 Å². The van der Waals surface area contributed by atoms with E-state index in [1.54, 1.807) is 6.92 Å². The van der Waals surface area contributed by atoms with Gasteiger partial charge in [-0.3, -0.25) is 0 Å². The van der Waals surface area contributed by atoms with E-state index in [9.17, 15) is 8.42 Å². The molecule has 2 N–H and O–H groups in total. The Balaban J connectivity index is 1.40. The highest BCUT2D eigenvalue weighted by Gasteiger charge is 2.45. The van der Waals surface area contributed by atoms with Crippen LogP contribution in [0.2, 0.25) is 0 Å². The molecular weight excluding hydrogens is 286 g/mol. The Hall–Kier alpha value is -0.170. The maximum absolute atomic E-state index is 11.6. The minimum Gasteiger partial charge on any atom is -0.316 e. The van der Waals surface area contributed by atoms with Crippen LogP contribution in [0.4, 0.5) is 0 Å². The SMILES string of the molecule is CCS(=O)(=O)NC1CCC2(CC1)CN(C[C@H]1CCNC1)C2. The van der Waals surface area contributed by atoms with E-state index in [2.05, 4.69) is 14.9 Å². The van der Waals surface area contributed by atoms with Crippen molar-refractivity contribution in [3.63, 3.8) is 0 Å². The number of sulfonamides is 1. The lowest BCUT2D eigenvalue weighted by Crippen LogP contribution is -2.59. The van der Waals surface area contributed by atoms with Gasteiger partial charge in [0, 0.05) is 25.7 Å². The molecule has 0 amide bonds. The zero-order chi connectivity index (χ0) is 14.9. The fourth-order valence-corrected chi connectivity index (χ4v) is 5.18. The molecule has 3 aliphatic rings. The third-order valence-electron chi connectivity index (χ3n) is 5.57. The number of hydrogen-bond acceptors (Lipinski definition) is 4. The lowest BCUT2D eigenvalue weighted by Gasteiger charge is -2.54. The van der Waals surface area contributed by atoms with Crippen LogP contribution in [0.5, 0.6) is 0 Å². The van der Waals surface area contributed by atoms with Crippen molar-refractivity contribution in [3.05, 3.63) is 0 Å². The van der Waals surface area contributed by atoms with Gasteiger partial charge in [0.15, 0.2) is 0 Å². The zero-order valence-electron chi connectivity index (χ0n) is 13.1. The van der Waals surface area contributed by atoms with Gasteiger partial charge in [0.2, 0.25) is 10.0 Å². The molecule has 6 heteroatoms. The summed E-state index contributed by atoms with van der Waals surface area (Å²) >= 11 is 0. The second-order valence-corrected chi connectivity index (χ2v) is 9.37. The van der Waals surface area contributed by atoms with E-state index in [0.717, 1.165) is 18.8 Å². The largest absolute Gasteiger partial charge is 0.316 e. The van der Waals surface area contributed by atoms with Gasteiger partial charge in [0.05, 0.1) is 5.75 Å². The smallest absolute Gasteiger partial charge is 0.211 e. The Morgan fingerprint density at radius 2 is 1.95 bits per heavy atom. The summed E-state index contributed by atoms with van der Waals surface area (Å²) in [5, 5.41) is 3.44. The molecule has 0 aromatic rings. The molecular formula is C15H29N3O2S. The van der Waals surface area contributed by atoms with Crippen LogP contribution in [0.25, 0.3) is 0 Å². The summed E-state index contributed by atoms with van der Waals surface area (Å²) in [5.41, 5.74) is 0.500. The average Bonchev–Trinajstić information content (AvgIpc) is 2.92. The van der Waals surface area contributed by atoms with E-state index in [1.807, 2.05) is 0 Å². The normalized spacial score (nSPS) is 30.6. The maximum atomic E-state index is 11.6. The molecule has 0 aromatic heterocycles. The van der Waals surface area contributed by atoms with Gasteiger partial charge < -0.3 is 10.2 Å². The van der Waals surface area contributed by atoms with E-state index in [-0.39, 0.29) is 11.8 Å². The standard InChI is InChI=1S/C15H29N3O2S/c1-2-21(19,20)17-14-3-6-15(7-4-14)11-18(12-15)10-13-5-8-16-9-13/h13-14,16-17H,2-12H2,1H3/t13-/m0/s1. The van der Waals surface area contributed by atoms with Crippen LogP contribution in [0.1, 0.15) is 39.0 Å². The molecule has 1 aliphatic carbocycles. The van der Waals surface area contributed by atoms with Crippen LogP contribution < -0.4 is 10.0 Å². The first kappa shape index (κ1) is 15.7. The third kappa shape index (κ3) is 3.78. The molecule has 1 atom stereocenters. The second kappa shape index (κ2) is 6.14. The third-order valence-corrected chi connectivity index (χ3v) is 7.02. The topological polar surface area (TPSA) is 61.4 Å². The predicted octanol–water partition coefficient (Wildman–Crippen LogP) is 0.780. The lowest BCUT2D eigenvalue weighted by molar-refractivity contribution is -0.0387. The van der Waals surface area contributed by atoms with E-state index >= 15 is 0 Å². The van der Waals surface area contributed by atoms with Gasteiger partial charge in [-0.1, -0.05) is 0 Å². The molecule has 5 nitrogen and oxygen atoms in total. The van der Waals surface area contributed by atoms with Crippen LogP contribution >= 0.6 is 0 Å². The predicted molar refractivity (Wildman–Crippen MR) is 84.7 cm³/mol. The van der Waals surface area contributed by atoms with Crippen molar-refractivity contribution >= 4 is 10.0 Å². The lowest BCUT2D eigenvalue weighted by atomic mass is 9.67. The van der Waals surface area contributed by atoms with Crippen LogP contribution in [0.3, 0.4) is 0 Å². The second-order valence-electron chi connectivity index (χ2n) is 7.32. The van der Waals surface area contributed by atoms with Gasteiger partial charge in [-0.15, -0.1) is 0 Å². The molecule has 0 radical (unpaired) electrons. The minimum atomic E-state index is -3.04. The molecule has 0 bridgehead atoms. The van der Waals surface area contributed by atoms with Gasteiger partial charge >= 0.3 is 0 Å². The maximum Gasteiger partial charge on any atom is 0.211 e. The van der Waals surface area contributed by atoms with Crippen LogP contribution in [0.15, 0.2) is 0 Å². The molecule has 122 valence electrons. The van der Waals surface area contributed by atoms with Gasteiger partial charge in [0.25, 0.3) is 0 Å².